The van der Waals surface area contributed by atoms with Gasteiger partial charge in [0.1, 0.15) is 23.0 Å². The molecule has 0 bridgehead atoms. The van der Waals surface area contributed by atoms with Crippen LogP contribution >= 0.6 is 11.6 Å². The fourth-order valence-electron chi connectivity index (χ4n) is 3.58. The quantitative estimate of drug-likeness (QED) is 0.308. The Morgan fingerprint density at radius 2 is 1.42 bits per heavy atom. The molecule has 0 saturated heterocycles. The Kier molecular flexibility index (Phi) is 5.75. The highest BCUT2D eigenvalue weighted by molar-refractivity contribution is 6.33. The molecule has 1 heterocycles. The summed E-state index contributed by atoms with van der Waals surface area (Å²) in [6.07, 6.45) is 1.78. The van der Waals surface area contributed by atoms with Gasteiger partial charge in [-0.05, 0) is 60.2 Å². The minimum Gasteiger partial charge on any atom is -0.457 e. The van der Waals surface area contributed by atoms with Crippen LogP contribution in [-0.4, -0.2) is 11.7 Å². The summed E-state index contributed by atoms with van der Waals surface area (Å²) in [4.78, 5) is 19.8. The van der Waals surface area contributed by atoms with Gasteiger partial charge in [-0.25, -0.2) is 4.99 Å². The average Bonchev–Trinajstić information content (AvgIpc) is 3.17. The highest BCUT2D eigenvalue weighted by Gasteiger charge is 2.32. The van der Waals surface area contributed by atoms with E-state index in [1.807, 2.05) is 97.1 Å². The van der Waals surface area contributed by atoms with Crippen molar-refractivity contribution in [2.45, 2.75) is 0 Å². The third-order valence-corrected chi connectivity index (χ3v) is 5.37. The van der Waals surface area contributed by atoms with Gasteiger partial charge >= 0.3 is 0 Å². The van der Waals surface area contributed by atoms with Crippen molar-refractivity contribution in [3.8, 4) is 11.5 Å². The van der Waals surface area contributed by atoms with Crippen molar-refractivity contribution in [2.75, 3.05) is 4.90 Å². The highest BCUT2D eigenvalue weighted by Crippen LogP contribution is 2.30. The molecule has 4 aromatic carbocycles. The Balaban J connectivity index is 1.51. The molecule has 5 heteroatoms. The van der Waals surface area contributed by atoms with E-state index in [0.717, 1.165) is 16.9 Å². The molecular formula is C28H19ClN2O2. The van der Waals surface area contributed by atoms with Crippen molar-refractivity contribution < 1.29 is 9.53 Å². The van der Waals surface area contributed by atoms with Crippen molar-refractivity contribution in [2.24, 2.45) is 4.99 Å². The van der Waals surface area contributed by atoms with Gasteiger partial charge in [-0.3, -0.25) is 9.69 Å². The molecule has 5 rings (SSSR count). The Bertz CT molecular complexity index is 1350. The maximum absolute atomic E-state index is 13.4. The van der Waals surface area contributed by atoms with Crippen molar-refractivity contribution in [3.63, 3.8) is 0 Å². The number of hydrogen-bond acceptors (Lipinski definition) is 3. The second-order valence-corrected chi connectivity index (χ2v) is 7.87. The molecule has 0 radical (unpaired) electrons. The van der Waals surface area contributed by atoms with Gasteiger partial charge in [-0.2, -0.15) is 0 Å². The SMILES string of the molecule is O=C1/C(=C\c2cccc(Oc3ccccc3)c2)N=C(c2ccccc2)N1c1ccc(Cl)cc1. The molecule has 160 valence electrons. The van der Waals surface area contributed by atoms with Crippen LogP contribution in [0.5, 0.6) is 11.5 Å². The van der Waals surface area contributed by atoms with Crippen LogP contribution in [-0.2, 0) is 4.79 Å². The molecule has 4 aromatic rings. The van der Waals surface area contributed by atoms with Crippen LogP contribution in [0.15, 0.2) is 120 Å². The van der Waals surface area contributed by atoms with E-state index in [1.54, 1.807) is 23.1 Å². The summed E-state index contributed by atoms with van der Waals surface area (Å²) in [6.45, 7) is 0. The van der Waals surface area contributed by atoms with Crippen LogP contribution in [0.2, 0.25) is 5.02 Å². The van der Waals surface area contributed by atoms with E-state index < -0.39 is 0 Å². The maximum Gasteiger partial charge on any atom is 0.282 e. The van der Waals surface area contributed by atoms with E-state index >= 15 is 0 Å². The summed E-state index contributed by atoms with van der Waals surface area (Å²) < 4.78 is 5.93. The van der Waals surface area contributed by atoms with Crippen molar-refractivity contribution in [1.82, 2.24) is 0 Å². The van der Waals surface area contributed by atoms with Gasteiger partial charge < -0.3 is 4.74 Å². The van der Waals surface area contributed by atoms with E-state index in [0.29, 0.717) is 28.0 Å². The standard InChI is InChI=1S/C28H19ClN2O2/c29-22-14-16-23(17-15-22)31-27(21-9-3-1-4-10-21)30-26(28(31)32)19-20-8-7-13-25(18-20)33-24-11-5-2-6-12-24/h1-19H/b26-19+. The van der Waals surface area contributed by atoms with E-state index in [1.165, 1.54) is 0 Å². The third-order valence-electron chi connectivity index (χ3n) is 5.12. The lowest BCUT2D eigenvalue weighted by molar-refractivity contribution is -0.113. The van der Waals surface area contributed by atoms with Crippen LogP contribution in [0.4, 0.5) is 5.69 Å². The molecule has 33 heavy (non-hydrogen) atoms. The molecule has 1 aliphatic rings. The number of nitrogens with zero attached hydrogens (tertiary/aromatic N) is 2. The summed E-state index contributed by atoms with van der Waals surface area (Å²) in [7, 11) is 0. The van der Waals surface area contributed by atoms with Crippen LogP contribution in [0.25, 0.3) is 6.08 Å². The van der Waals surface area contributed by atoms with Crippen molar-refractivity contribution in [1.29, 1.82) is 0 Å². The van der Waals surface area contributed by atoms with E-state index in [-0.39, 0.29) is 5.91 Å². The minimum atomic E-state index is -0.203. The summed E-state index contributed by atoms with van der Waals surface area (Å²) in [6, 6.07) is 34.0. The lowest BCUT2D eigenvalue weighted by atomic mass is 10.1. The van der Waals surface area contributed by atoms with E-state index in [4.69, 9.17) is 21.3 Å². The molecule has 0 unspecified atom stereocenters. The van der Waals surface area contributed by atoms with Gasteiger partial charge in [0.2, 0.25) is 0 Å². The number of anilines is 1. The zero-order valence-electron chi connectivity index (χ0n) is 17.6. The van der Waals surface area contributed by atoms with Crippen molar-refractivity contribution in [3.05, 3.63) is 131 Å². The number of carbonyl (C=O) groups is 1. The van der Waals surface area contributed by atoms with Crippen LogP contribution in [0.3, 0.4) is 0 Å². The molecular weight excluding hydrogens is 432 g/mol. The first-order chi connectivity index (χ1) is 16.2. The summed E-state index contributed by atoms with van der Waals surface area (Å²) >= 11 is 6.06. The predicted molar refractivity (Wildman–Crippen MR) is 133 cm³/mol. The number of para-hydroxylation sites is 1. The zero-order valence-corrected chi connectivity index (χ0v) is 18.3. The molecule has 1 amide bonds. The molecule has 0 spiro atoms. The predicted octanol–water partition coefficient (Wildman–Crippen LogP) is 6.97. The van der Waals surface area contributed by atoms with Crippen LogP contribution < -0.4 is 9.64 Å². The number of halogens is 1. The Morgan fingerprint density at radius 1 is 0.758 bits per heavy atom. The smallest absolute Gasteiger partial charge is 0.282 e. The molecule has 0 aromatic heterocycles. The summed E-state index contributed by atoms with van der Waals surface area (Å²) in [5, 5.41) is 0.606. The van der Waals surface area contributed by atoms with Gasteiger partial charge in [-0.15, -0.1) is 0 Å². The molecule has 0 N–H and O–H groups in total. The molecule has 0 atom stereocenters. The third kappa shape index (κ3) is 4.56. The van der Waals surface area contributed by atoms with Gasteiger partial charge in [0, 0.05) is 10.6 Å². The number of rotatable bonds is 5. The second-order valence-electron chi connectivity index (χ2n) is 7.44. The number of carbonyl (C=O) groups excluding carboxylic acids is 1. The number of hydrogen-bond donors (Lipinski definition) is 0. The number of benzene rings is 4. The topological polar surface area (TPSA) is 41.9 Å². The van der Waals surface area contributed by atoms with Crippen LogP contribution in [0.1, 0.15) is 11.1 Å². The first-order valence-corrected chi connectivity index (χ1v) is 10.8. The highest BCUT2D eigenvalue weighted by atomic mass is 35.5. The van der Waals surface area contributed by atoms with E-state index in [9.17, 15) is 4.79 Å². The fraction of sp³-hybridized carbons (Fsp3) is 0. The second kappa shape index (κ2) is 9.15. The van der Waals surface area contributed by atoms with E-state index in [2.05, 4.69) is 0 Å². The lowest BCUT2D eigenvalue weighted by Gasteiger charge is -2.18. The summed E-state index contributed by atoms with van der Waals surface area (Å²) in [5.74, 6) is 1.80. The molecule has 0 aliphatic carbocycles. The van der Waals surface area contributed by atoms with Gasteiger partial charge in [0.05, 0.1) is 5.69 Å². The van der Waals surface area contributed by atoms with Gasteiger partial charge in [0.15, 0.2) is 0 Å². The Morgan fingerprint density at radius 3 is 2.15 bits per heavy atom. The first-order valence-electron chi connectivity index (χ1n) is 10.5. The normalized spacial score (nSPS) is 14.5. The van der Waals surface area contributed by atoms with Gasteiger partial charge in [0.25, 0.3) is 5.91 Å². The molecule has 1 aliphatic heterocycles. The Hall–Kier alpha value is -4.15. The Labute approximate surface area is 197 Å². The molecule has 0 fully saturated rings. The summed E-state index contributed by atoms with van der Waals surface area (Å²) in [5.41, 5.74) is 2.73. The number of aliphatic imine (C=N–C) groups is 1. The largest absolute Gasteiger partial charge is 0.457 e. The number of ether oxygens (including phenoxy) is 1. The zero-order chi connectivity index (χ0) is 22.6. The monoisotopic (exact) mass is 450 g/mol. The lowest BCUT2D eigenvalue weighted by Crippen LogP contribution is -2.32. The molecule has 0 saturated carbocycles. The van der Waals surface area contributed by atoms with Gasteiger partial charge in [-0.1, -0.05) is 72.3 Å². The average molecular weight is 451 g/mol. The number of amidine groups is 1. The fourth-order valence-corrected chi connectivity index (χ4v) is 3.70. The maximum atomic E-state index is 13.4. The van der Waals surface area contributed by atoms with Crippen molar-refractivity contribution >= 4 is 35.1 Å². The number of amides is 1. The minimum absolute atomic E-state index is 0.203. The first kappa shape index (κ1) is 20.7. The van der Waals surface area contributed by atoms with Crippen LogP contribution in [0, 0.1) is 0 Å². The molecule has 4 nitrogen and oxygen atoms in total.